The van der Waals surface area contributed by atoms with Crippen LogP contribution in [-0.2, 0) is 9.47 Å². The third-order valence-electron chi connectivity index (χ3n) is 2.01. The Kier molecular flexibility index (Phi) is 1.42. The van der Waals surface area contributed by atoms with E-state index >= 15 is 0 Å². The van der Waals surface area contributed by atoms with Gasteiger partial charge >= 0.3 is 0 Å². The highest BCUT2D eigenvalue weighted by molar-refractivity contribution is 4.92. The predicted octanol–water partition coefficient (Wildman–Crippen LogP) is -1.04. The lowest BCUT2D eigenvalue weighted by Gasteiger charge is -2.46. The Hall–Kier alpha value is -0.160. The summed E-state index contributed by atoms with van der Waals surface area (Å²) in [6, 6.07) is 0. The average Bonchev–Trinajstić information content (AvgIpc) is 1.85. The number of hydrogen-bond donors (Lipinski definition) is 1. The number of morpholine rings is 1. The molecule has 2 fully saturated rings. The van der Waals surface area contributed by atoms with Gasteiger partial charge in [0.2, 0.25) is 0 Å². The first-order valence-electron chi connectivity index (χ1n) is 3.52. The van der Waals surface area contributed by atoms with Gasteiger partial charge in [-0.25, -0.2) is 5.01 Å². The summed E-state index contributed by atoms with van der Waals surface area (Å²) < 4.78 is 10.6. The summed E-state index contributed by atoms with van der Waals surface area (Å²) in [5, 5.41) is 1.80. The Balaban J connectivity index is 1.96. The van der Waals surface area contributed by atoms with E-state index in [1.165, 1.54) is 0 Å². The van der Waals surface area contributed by atoms with Crippen LogP contribution in [-0.4, -0.2) is 43.5 Å². The molecular weight excluding hydrogens is 132 g/mol. The zero-order valence-electron chi connectivity index (χ0n) is 5.88. The molecule has 1 spiro atoms. The maximum Gasteiger partial charge on any atom is 0.129 e. The quantitative estimate of drug-likeness (QED) is 0.441. The largest absolute Gasteiger partial charge is 0.375 e. The van der Waals surface area contributed by atoms with Crippen molar-refractivity contribution in [3.63, 3.8) is 0 Å². The fourth-order valence-electron chi connectivity index (χ4n) is 1.38. The van der Waals surface area contributed by atoms with Crippen LogP contribution in [0.3, 0.4) is 0 Å². The van der Waals surface area contributed by atoms with Gasteiger partial charge in [0.1, 0.15) is 5.60 Å². The van der Waals surface area contributed by atoms with Crippen LogP contribution in [0.25, 0.3) is 0 Å². The number of nitrogens with zero attached hydrogens (tertiary/aromatic N) is 1. The number of hydrogen-bond acceptors (Lipinski definition) is 4. The summed E-state index contributed by atoms with van der Waals surface area (Å²) in [6.45, 7) is 3.80. The molecule has 0 aromatic carbocycles. The molecule has 10 heavy (non-hydrogen) atoms. The summed E-state index contributed by atoms with van der Waals surface area (Å²) >= 11 is 0. The standard InChI is InChI=1S/C6H12N2O2/c7-8-1-2-10-6(3-8)4-9-5-6/h1-5,7H2. The van der Waals surface area contributed by atoms with Crippen molar-refractivity contribution in [2.45, 2.75) is 5.60 Å². The topological polar surface area (TPSA) is 47.7 Å². The maximum atomic E-state index is 5.62. The zero-order chi connectivity index (χ0) is 7.03. The van der Waals surface area contributed by atoms with Crippen molar-refractivity contribution in [3.05, 3.63) is 0 Å². The van der Waals surface area contributed by atoms with E-state index in [2.05, 4.69) is 0 Å². The number of hydrazine groups is 1. The van der Waals surface area contributed by atoms with Crippen molar-refractivity contribution in [2.75, 3.05) is 32.9 Å². The molecule has 0 aliphatic carbocycles. The van der Waals surface area contributed by atoms with Gasteiger partial charge in [0.25, 0.3) is 0 Å². The van der Waals surface area contributed by atoms with E-state index in [9.17, 15) is 0 Å². The van der Waals surface area contributed by atoms with Gasteiger partial charge in [-0.2, -0.15) is 0 Å². The predicted molar refractivity (Wildman–Crippen MR) is 35.3 cm³/mol. The van der Waals surface area contributed by atoms with Crippen LogP contribution in [0.5, 0.6) is 0 Å². The first-order chi connectivity index (χ1) is 4.81. The molecule has 0 radical (unpaired) electrons. The van der Waals surface area contributed by atoms with E-state index in [1.807, 2.05) is 0 Å². The van der Waals surface area contributed by atoms with Crippen molar-refractivity contribution < 1.29 is 9.47 Å². The molecule has 2 rings (SSSR count). The molecule has 0 bridgehead atoms. The van der Waals surface area contributed by atoms with Crippen molar-refractivity contribution in [2.24, 2.45) is 5.84 Å². The van der Waals surface area contributed by atoms with Crippen molar-refractivity contribution in [1.29, 1.82) is 0 Å². The zero-order valence-corrected chi connectivity index (χ0v) is 5.88. The van der Waals surface area contributed by atoms with E-state index in [1.54, 1.807) is 5.01 Å². The van der Waals surface area contributed by atoms with Gasteiger partial charge < -0.3 is 9.47 Å². The monoisotopic (exact) mass is 144 g/mol. The molecule has 58 valence electrons. The van der Waals surface area contributed by atoms with E-state index in [0.29, 0.717) is 13.2 Å². The Morgan fingerprint density at radius 2 is 2.20 bits per heavy atom. The lowest BCUT2D eigenvalue weighted by atomic mass is 10.0. The molecule has 2 aliphatic rings. The van der Waals surface area contributed by atoms with Crippen LogP contribution in [0.15, 0.2) is 0 Å². The second-order valence-corrected chi connectivity index (χ2v) is 2.99. The fraction of sp³-hybridized carbons (Fsp3) is 1.00. The van der Waals surface area contributed by atoms with Crippen LogP contribution < -0.4 is 5.84 Å². The van der Waals surface area contributed by atoms with Gasteiger partial charge in [-0.15, -0.1) is 0 Å². The van der Waals surface area contributed by atoms with Gasteiger partial charge in [0, 0.05) is 13.1 Å². The SMILES string of the molecule is NN1CCOC2(COC2)C1. The minimum absolute atomic E-state index is 0.0486. The highest BCUT2D eigenvalue weighted by atomic mass is 16.6. The average molecular weight is 144 g/mol. The molecule has 0 aromatic rings. The minimum Gasteiger partial charge on any atom is -0.375 e. The molecular formula is C6H12N2O2. The first-order valence-corrected chi connectivity index (χ1v) is 3.52. The Morgan fingerprint density at radius 3 is 2.60 bits per heavy atom. The third kappa shape index (κ3) is 0.932. The first kappa shape index (κ1) is 6.54. The highest BCUT2D eigenvalue weighted by Gasteiger charge is 2.43. The number of rotatable bonds is 0. The molecule has 2 N–H and O–H groups in total. The normalized spacial score (nSPS) is 32.1. The fourth-order valence-corrected chi connectivity index (χ4v) is 1.38. The molecule has 2 saturated heterocycles. The molecule has 0 unspecified atom stereocenters. The van der Waals surface area contributed by atoms with E-state index in [0.717, 1.165) is 19.7 Å². The van der Waals surface area contributed by atoms with Crippen molar-refractivity contribution in [1.82, 2.24) is 5.01 Å². The molecule has 2 heterocycles. The summed E-state index contributed by atoms with van der Waals surface area (Å²) in [7, 11) is 0. The van der Waals surface area contributed by atoms with Crippen LogP contribution in [0.4, 0.5) is 0 Å². The van der Waals surface area contributed by atoms with Gasteiger partial charge in [0.05, 0.1) is 19.8 Å². The Labute approximate surface area is 59.8 Å². The van der Waals surface area contributed by atoms with E-state index < -0.39 is 0 Å². The van der Waals surface area contributed by atoms with Crippen molar-refractivity contribution in [3.8, 4) is 0 Å². The summed E-state index contributed by atoms with van der Waals surface area (Å²) in [5.41, 5.74) is -0.0486. The molecule has 2 aliphatic heterocycles. The van der Waals surface area contributed by atoms with Crippen LogP contribution in [0.2, 0.25) is 0 Å². The second kappa shape index (κ2) is 2.17. The molecule has 0 atom stereocenters. The second-order valence-electron chi connectivity index (χ2n) is 2.99. The van der Waals surface area contributed by atoms with Crippen molar-refractivity contribution >= 4 is 0 Å². The van der Waals surface area contributed by atoms with E-state index in [-0.39, 0.29) is 5.60 Å². The number of nitrogens with two attached hydrogens (primary N) is 1. The summed E-state index contributed by atoms with van der Waals surface area (Å²) in [6.07, 6.45) is 0. The summed E-state index contributed by atoms with van der Waals surface area (Å²) in [5.74, 6) is 5.62. The van der Waals surface area contributed by atoms with Gasteiger partial charge in [-0.05, 0) is 0 Å². The molecule has 0 aromatic heterocycles. The lowest BCUT2D eigenvalue weighted by molar-refractivity contribution is -0.238. The van der Waals surface area contributed by atoms with Crippen LogP contribution >= 0.6 is 0 Å². The number of ether oxygens (including phenoxy) is 2. The molecule has 0 amide bonds. The minimum atomic E-state index is -0.0486. The van der Waals surface area contributed by atoms with Gasteiger partial charge in [-0.1, -0.05) is 0 Å². The van der Waals surface area contributed by atoms with Gasteiger partial charge in [0.15, 0.2) is 0 Å². The maximum absolute atomic E-state index is 5.62. The van der Waals surface area contributed by atoms with E-state index in [4.69, 9.17) is 15.3 Å². The summed E-state index contributed by atoms with van der Waals surface area (Å²) in [4.78, 5) is 0. The van der Waals surface area contributed by atoms with Crippen LogP contribution in [0, 0.1) is 0 Å². The Bertz CT molecular complexity index is 136. The highest BCUT2D eigenvalue weighted by Crippen LogP contribution is 2.24. The molecule has 0 saturated carbocycles. The molecule has 4 heteroatoms. The Morgan fingerprint density at radius 1 is 1.40 bits per heavy atom. The smallest absolute Gasteiger partial charge is 0.129 e. The van der Waals surface area contributed by atoms with Gasteiger partial charge in [-0.3, -0.25) is 5.84 Å². The molecule has 4 nitrogen and oxygen atoms in total. The van der Waals surface area contributed by atoms with Crippen LogP contribution in [0.1, 0.15) is 0 Å². The lowest BCUT2D eigenvalue weighted by Crippen LogP contribution is -2.64. The third-order valence-corrected chi connectivity index (χ3v) is 2.01.